The highest BCUT2D eigenvalue weighted by Gasteiger charge is 2.42. The second-order valence-corrected chi connectivity index (χ2v) is 15.1. The van der Waals surface area contributed by atoms with Gasteiger partial charge in [0.05, 0.1) is 50.2 Å². The summed E-state index contributed by atoms with van der Waals surface area (Å²) in [6.07, 6.45) is 15.6. The SMILES string of the molecule is COCC(C)(C)COc1nn([C@H]2CC[C@H](N3[C@@H]4CC[C@H]3COC4)CC2)cc1Nc1ncc(-c2ccc(Cl)c(O[C@@H](C)Cn3cncn3)c2)cn1. The number of nitrogens with one attached hydrogen (secondary N) is 1. The Hall–Kier alpha value is -3.78. The van der Waals surface area contributed by atoms with Crippen LogP contribution < -0.4 is 14.8 Å². The number of hydrogen-bond donors (Lipinski definition) is 1. The van der Waals surface area contributed by atoms with Crippen molar-refractivity contribution in [1.29, 1.82) is 0 Å². The van der Waals surface area contributed by atoms with Crippen LogP contribution in [0.25, 0.3) is 11.1 Å². The molecule has 13 nitrogen and oxygen atoms in total. The largest absolute Gasteiger partial charge is 0.487 e. The summed E-state index contributed by atoms with van der Waals surface area (Å²) in [7, 11) is 1.71. The Kier molecular flexibility index (Phi) is 10.6. The molecule has 50 heavy (non-hydrogen) atoms. The van der Waals surface area contributed by atoms with Crippen molar-refractivity contribution in [3.8, 4) is 22.8 Å². The zero-order valence-electron chi connectivity index (χ0n) is 29.4. The quantitative estimate of drug-likeness (QED) is 0.161. The van der Waals surface area contributed by atoms with Gasteiger partial charge in [-0.3, -0.25) is 9.58 Å². The lowest BCUT2D eigenvalue weighted by atomic mass is 9.89. The van der Waals surface area contributed by atoms with E-state index < -0.39 is 0 Å². The lowest BCUT2D eigenvalue weighted by Gasteiger charge is -2.43. The lowest BCUT2D eigenvalue weighted by Crippen LogP contribution is -2.52. The highest BCUT2D eigenvalue weighted by atomic mass is 35.5. The first-order valence-electron chi connectivity index (χ1n) is 17.7. The summed E-state index contributed by atoms with van der Waals surface area (Å²) >= 11 is 6.49. The van der Waals surface area contributed by atoms with E-state index in [1.165, 1.54) is 32.0 Å². The molecule has 0 radical (unpaired) electrons. The monoisotopic (exact) mass is 705 g/mol. The van der Waals surface area contributed by atoms with E-state index in [9.17, 15) is 0 Å². The molecule has 3 aromatic heterocycles. The highest BCUT2D eigenvalue weighted by molar-refractivity contribution is 6.32. The van der Waals surface area contributed by atoms with Gasteiger partial charge in [-0.05, 0) is 63.1 Å². The van der Waals surface area contributed by atoms with Gasteiger partial charge in [-0.2, -0.15) is 5.10 Å². The molecule has 0 spiro atoms. The number of rotatable bonds is 14. The fourth-order valence-electron chi connectivity index (χ4n) is 7.61. The van der Waals surface area contributed by atoms with Crippen molar-refractivity contribution in [2.24, 2.45) is 5.41 Å². The molecule has 1 aromatic carbocycles. The minimum absolute atomic E-state index is 0.167. The number of hydrogen-bond acceptors (Lipinski definition) is 11. The van der Waals surface area contributed by atoms with Gasteiger partial charge in [-0.25, -0.2) is 19.6 Å². The predicted octanol–water partition coefficient (Wildman–Crippen LogP) is 6.19. The van der Waals surface area contributed by atoms with Crippen molar-refractivity contribution < 1.29 is 18.9 Å². The molecule has 2 saturated heterocycles. The van der Waals surface area contributed by atoms with E-state index in [0.717, 1.165) is 42.9 Å². The number of aromatic nitrogens is 7. The van der Waals surface area contributed by atoms with Gasteiger partial charge in [0.25, 0.3) is 5.88 Å². The first kappa shape index (κ1) is 34.7. The summed E-state index contributed by atoms with van der Waals surface area (Å²) in [6.45, 7) is 9.55. The van der Waals surface area contributed by atoms with E-state index in [1.54, 1.807) is 30.5 Å². The standard InChI is InChI=1S/C36H48ClN9O4/c1-24(16-44-23-38-22-41-44)50-33-13-25(5-12-31(33)37)26-14-39-35(40-15-26)42-32-17-45(43-34(32)49-21-36(2,3)20-47-4)27-6-8-28(9-7-27)46-29-10-11-30(46)19-48-18-29/h5,12-15,17,22-24,27-30H,6-11,16,18-21H2,1-4H3,(H,39,40,42)/t24-,27-,28-,29-,30+/m0/s1. The van der Waals surface area contributed by atoms with Crippen molar-refractivity contribution in [2.75, 3.05) is 38.9 Å². The van der Waals surface area contributed by atoms with E-state index in [4.69, 9.17) is 35.6 Å². The van der Waals surface area contributed by atoms with E-state index in [1.807, 2.05) is 31.3 Å². The molecule has 7 rings (SSSR count). The fourth-order valence-corrected chi connectivity index (χ4v) is 7.77. The molecule has 2 bridgehead atoms. The van der Waals surface area contributed by atoms with Crippen LogP contribution in [0, 0.1) is 5.41 Å². The molecular weight excluding hydrogens is 658 g/mol. The van der Waals surface area contributed by atoms with Gasteiger partial charge in [0.2, 0.25) is 5.95 Å². The number of benzene rings is 1. The Morgan fingerprint density at radius 3 is 2.40 bits per heavy atom. The van der Waals surface area contributed by atoms with E-state index in [2.05, 4.69) is 48.8 Å². The topological polar surface area (TPSA) is 127 Å². The number of halogens is 1. The van der Waals surface area contributed by atoms with Crippen LogP contribution in [0.1, 0.15) is 65.3 Å². The Bertz CT molecular complexity index is 1680. The minimum atomic E-state index is -0.182. The third-order valence-electron chi connectivity index (χ3n) is 9.99. The average Bonchev–Trinajstić information content (AvgIpc) is 3.83. The van der Waals surface area contributed by atoms with Crippen LogP contribution in [-0.4, -0.2) is 97.2 Å². The molecule has 1 N–H and O–H groups in total. The van der Waals surface area contributed by atoms with Crippen molar-refractivity contribution >= 4 is 23.2 Å². The number of ether oxygens (including phenoxy) is 4. The third kappa shape index (κ3) is 8.06. The van der Waals surface area contributed by atoms with Gasteiger partial charge >= 0.3 is 0 Å². The van der Waals surface area contributed by atoms with Crippen molar-refractivity contribution in [2.45, 2.75) is 96.1 Å². The zero-order chi connectivity index (χ0) is 34.7. The molecule has 3 fully saturated rings. The molecular formula is C36H48ClN9O4. The number of fused-ring (bicyclic) bond motifs is 2. The summed E-state index contributed by atoms with van der Waals surface area (Å²) in [5, 5.41) is 13.0. The smallest absolute Gasteiger partial charge is 0.256 e. The van der Waals surface area contributed by atoms with Crippen molar-refractivity contribution in [1.82, 2.24) is 39.4 Å². The van der Waals surface area contributed by atoms with Crippen LogP contribution in [0.4, 0.5) is 11.6 Å². The van der Waals surface area contributed by atoms with Gasteiger partial charge in [-0.15, -0.1) is 5.10 Å². The van der Waals surface area contributed by atoms with Crippen LogP contribution in [-0.2, 0) is 16.0 Å². The first-order chi connectivity index (χ1) is 24.2. The lowest BCUT2D eigenvalue weighted by molar-refractivity contribution is -0.0458. The number of methoxy groups -OCH3 is 1. The first-order valence-corrected chi connectivity index (χ1v) is 18.1. The van der Waals surface area contributed by atoms with Crippen LogP contribution in [0.2, 0.25) is 5.02 Å². The molecule has 0 unspecified atom stereocenters. The van der Waals surface area contributed by atoms with Crippen LogP contribution >= 0.6 is 11.6 Å². The maximum atomic E-state index is 6.49. The average molecular weight is 706 g/mol. The summed E-state index contributed by atoms with van der Waals surface area (Å²) < 4.78 is 27.6. The summed E-state index contributed by atoms with van der Waals surface area (Å²) in [5.74, 6) is 1.57. The molecule has 4 aromatic rings. The molecule has 0 amide bonds. The Morgan fingerprint density at radius 2 is 1.70 bits per heavy atom. The second-order valence-electron chi connectivity index (χ2n) is 14.7. The maximum absolute atomic E-state index is 6.49. The molecule has 5 heterocycles. The van der Waals surface area contributed by atoms with Crippen molar-refractivity contribution in [3.05, 3.63) is 54.5 Å². The Balaban J connectivity index is 1.04. The number of morpholine rings is 1. The fraction of sp³-hybridized carbons (Fsp3) is 0.583. The molecule has 268 valence electrons. The normalized spacial score (nSPS) is 23.1. The number of anilines is 2. The summed E-state index contributed by atoms with van der Waals surface area (Å²) in [4.78, 5) is 16.1. The van der Waals surface area contributed by atoms with E-state index >= 15 is 0 Å². The van der Waals surface area contributed by atoms with Gasteiger partial charge in [0, 0.05) is 48.6 Å². The van der Waals surface area contributed by atoms with Crippen LogP contribution in [0.5, 0.6) is 11.6 Å². The summed E-state index contributed by atoms with van der Waals surface area (Å²) in [5.41, 5.74) is 2.28. The molecule has 14 heteroatoms. The predicted molar refractivity (Wildman–Crippen MR) is 190 cm³/mol. The molecule has 3 aliphatic rings. The van der Waals surface area contributed by atoms with Crippen molar-refractivity contribution in [3.63, 3.8) is 0 Å². The Morgan fingerprint density at radius 1 is 0.980 bits per heavy atom. The number of nitrogens with zero attached hydrogens (tertiary/aromatic N) is 8. The summed E-state index contributed by atoms with van der Waals surface area (Å²) in [6, 6.07) is 7.77. The third-order valence-corrected chi connectivity index (χ3v) is 10.3. The minimum Gasteiger partial charge on any atom is -0.487 e. The van der Waals surface area contributed by atoms with Gasteiger partial charge in [0.15, 0.2) is 0 Å². The molecule has 1 saturated carbocycles. The molecule has 2 aliphatic heterocycles. The highest BCUT2D eigenvalue weighted by Crippen LogP contribution is 2.40. The van der Waals surface area contributed by atoms with E-state index in [0.29, 0.717) is 66.5 Å². The molecule has 1 aliphatic carbocycles. The van der Waals surface area contributed by atoms with Gasteiger partial charge in [0.1, 0.15) is 30.2 Å². The maximum Gasteiger partial charge on any atom is 0.256 e. The van der Waals surface area contributed by atoms with E-state index in [-0.39, 0.29) is 11.5 Å². The second kappa shape index (κ2) is 15.2. The van der Waals surface area contributed by atoms with Crippen LogP contribution in [0.15, 0.2) is 49.4 Å². The van der Waals surface area contributed by atoms with Crippen LogP contribution in [0.3, 0.4) is 0 Å². The van der Waals surface area contributed by atoms with Gasteiger partial charge in [-0.1, -0.05) is 31.5 Å². The Labute approximate surface area is 298 Å². The van der Waals surface area contributed by atoms with Gasteiger partial charge < -0.3 is 24.3 Å². The molecule has 3 atom stereocenters. The zero-order valence-corrected chi connectivity index (χ0v) is 30.1.